The summed E-state index contributed by atoms with van der Waals surface area (Å²) in [5, 5.41) is 6.97. The third-order valence-corrected chi connectivity index (χ3v) is 9.44. The van der Waals surface area contributed by atoms with Crippen molar-refractivity contribution in [1.82, 2.24) is 19.9 Å². The number of benzene rings is 1. The first kappa shape index (κ1) is 32.2. The summed E-state index contributed by atoms with van der Waals surface area (Å²) in [7, 11) is 1.55. The summed E-state index contributed by atoms with van der Waals surface area (Å²) in [6.07, 6.45) is 4.60. The van der Waals surface area contributed by atoms with Gasteiger partial charge in [0.1, 0.15) is 4.88 Å². The first-order chi connectivity index (χ1) is 22.8. The van der Waals surface area contributed by atoms with Gasteiger partial charge in [0, 0.05) is 56.9 Å². The molecule has 2 fully saturated rings. The van der Waals surface area contributed by atoms with Gasteiger partial charge in [0.05, 0.1) is 42.1 Å². The van der Waals surface area contributed by atoms with Crippen molar-refractivity contribution in [2.45, 2.75) is 6.92 Å². The predicted octanol–water partition coefficient (Wildman–Crippen LogP) is 5.81. The van der Waals surface area contributed by atoms with Crippen molar-refractivity contribution in [3.05, 3.63) is 76.9 Å². The molecule has 6 rings (SSSR count). The molecule has 3 aromatic heterocycles. The van der Waals surface area contributed by atoms with Gasteiger partial charge >= 0.3 is 0 Å². The minimum atomic E-state index is -0.365. The maximum atomic E-state index is 13.4. The van der Waals surface area contributed by atoms with E-state index >= 15 is 0 Å². The summed E-state index contributed by atoms with van der Waals surface area (Å²) in [5.41, 5.74) is 3.71. The number of aromatic nitrogens is 3. The lowest BCUT2D eigenvalue weighted by Crippen LogP contribution is -2.51. The van der Waals surface area contributed by atoms with Crippen molar-refractivity contribution >= 4 is 62.9 Å². The summed E-state index contributed by atoms with van der Waals surface area (Å²) in [5.74, 6) is 1.29. The summed E-state index contributed by atoms with van der Waals surface area (Å²) in [6, 6.07) is 11.1. The number of para-hydroxylation sites is 1. The maximum absolute atomic E-state index is 13.4. The standard InChI is InChI=1S/C33H34ClFN8O3S/c1-4-28(44)41-10-12-42(13-11-41)31-25(43-18-21(15-35)19-43)14-22(16-36-31)24-8-9-26(46-3)30(38-24)40-33-37-17-27(47-33)32(45)39-29-20(2)6-5-7-23(29)34/h4-9,14,16-17,21H,1,10-13,15,18-19H2,2-3H3,(H,39,45)(H,37,38,40). The number of thiazole rings is 1. The summed E-state index contributed by atoms with van der Waals surface area (Å²) < 4.78 is 19.0. The quantitative estimate of drug-likeness (QED) is 0.201. The molecule has 47 heavy (non-hydrogen) atoms. The highest BCUT2D eigenvalue weighted by Crippen LogP contribution is 2.38. The van der Waals surface area contributed by atoms with Crippen molar-refractivity contribution < 1.29 is 18.7 Å². The van der Waals surface area contributed by atoms with Crippen LogP contribution in [0.1, 0.15) is 15.2 Å². The fourth-order valence-corrected chi connectivity index (χ4v) is 6.54. The topological polar surface area (TPSA) is 116 Å². The Kier molecular flexibility index (Phi) is 9.55. The number of carbonyl (C=O) groups is 2. The van der Waals surface area contributed by atoms with E-state index in [2.05, 4.69) is 32.0 Å². The van der Waals surface area contributed by atoms with Gasteiger partial charge in [0.15, 0.2) is 22.5 Å². The third-order valence-electron chi connectivity index (χ3n) is 8.22. The Balaban J connectivity index is 1.23. The first-order valence-corrected chi connectivity index (χ1v) is 16.3. The van der Waals surface area contributed by atoms with Crippen LogP contribution in [0.4, 0.5) is 32.5 Å². The molecule has 2 N–H and O–H groups in total. The van der Waals surface area contributed by atoms with Gasteiger partial charge in [0.2, 0.25) is 5.91 Å². The third kappa shape index (κ3) is 6.86. The number of amides is 2. The smallest absolute Gasteiger partial charge is 0.267 e. The van der Waals surface area contributed by atoms with Gasteiger partial charge in [-0.05, 0) is 42.8 Å². The average Bonchev–Trinajstić information content (AvgIpc) is 3.54. The van der Waals surface area contributed by atoms with Gasteiger partial charge in [-0.15, -0.1) is 0 Å². The van der Waals surface area contributed by atoms with Crippen molar-refractivity contribution in [2.24, 2.45) is 5.92 Å². The number of nitrogens with one attached hydrogen (secondary N) is 2. The highest BCUT2D eigenvalue weighted by atomic mass is 35.5. The predicted molar refractivity (Wildman–Crippen MR) is 184 cm³/mol. The normalized spacial score (nSPS) is 14.9. The number of rotatable bonds is 10. The molecule has 0 spiro atoms. The Bertz CT molecular complexity index is 1790. The molecular formula is C33H34ClFN8O3S. The molecule has 2 amide bonds. The van der Waals surface area contributed by atoms with E-state index in [0.717, 1.165) is 22.6 Å². The van der Waals surface area contributed by atoms with E-state index in [0.29, 0.717) is 77.2 Å². The number of carbonyl (C=O) groups excluding carboxylic acids is 2. The van der Waals surface area contributed by atoms with E-state index in [-0.39, 0.29) is 24.4 Å². The molecule has 14 heteroatoms. The molecule has 0 saturated carbocycles. The number of halogens is 2. The second-order valence-corrected chi connectivity index (χ2v) is 12.7. The molecule has 2 saturated heterocycles. The molecule has 244 valence electrons. The zero-order valence-corrected chi connectivity index (χ0v) is 27.6. The van der Waals surface area contributed by atoms with E-state index < -0.39 is 0 Å². The Morgan fingerprint density at radius 3 is 2.62 bits per heavy atom. The number of anilines is 5. The number of piperazine rings is 1. The van der Waals surface area contributed by atoms with E-state index in [4.69, 9.17) is 26.3 Å². The van der Waals surface area contributed by atoms with Crippen LogP contribution in [0, 0.1) is 12.8 Å². The molecule has 4 aromatic rings. The molecule has 5 heterocycles. The van der Waals surface area contributed by atoms with Crippen LogP contribution in [0.25, 0.3) is 11.3 Å². The molecular weight excluding hydrogens is 643 g/mol. The average molecular weight is 677 g/mol. The Morgan fingerprint density at radius 2 is 1.91 bits per heavy atom. The minimum Gasteiger partial charge on any atom is -0.493 e. The summed E-state index contributed by atoms with van der Waals surface area (Å²) in [4.78, 5) is 45.6. The lowest BCUT2D eigenvalue weighted by molar-refractivity contribution is -0.126. The number of pyridine rings is 2. The zero-order chi connectivity index (χ0) is 33.1. The lowest BCUT2D eigenvalue weighted by atomic mass is 10.00. The molecule has 2 aliphatic heterocycles. The minimum absolute atomic E-state index is 0.0116. The summed E-state index contributed by atoms with van der Waals surface area (Å²) >= 11 is 7.46. The molecule has 0 aliphatic carbocycles. The molecule has 2 aliphatic rings. The highest BCUT2D eigenvalue weighted by Gasteiger charge is 2.31. The number of hydrogen-bond acceptors (Lipinski definition) is 10. The number of hydrogen-bond donors (Lipinski definition) is 2. The second kappa shape index (κ2) is 13.9. The van der Waals surface area contributed by atoms with Gasteiger partial charge < -0.3 is 30.1 Å². The molecule has 0 atom stereocenters. The molecule has 0 unspecified atom stereocenters. The van der Waals surface area contributed by atoms with Crippen molar-refractivity contribution in [2.75, 3.05) is 73.5 Å². The van der Waals surface area contributed by atoms with E-state index in [1.807, 2.05) is 31.2 Å². The van der Waals surface area contributed by atoms with Gasteiger partial charge in [0.25, 0.3) is 5.91 Å². The number of ether oxygens (including phenoxy) is 1. The summed E-state index contributed by atoms with van der Waals surface area (Å²) in [6.45, 7) is 8.68. The molecule has 1 aromatic carbocycles. The maximum Gasteiger partial charge on any atom is 0.267 e. The van der Waals surface area contributed by atoms with Crippen LogP contribution in [0.5, 0.6) is 5.75 Å². The number of nitrogens with zero attached hydrogens (tertiary/aromatic N) is 6. The van der Waals surface area contributed by atoms with Crippen LogP contribution in [0.2, 0.25) is 5.02 Å². The molecule has 11 nitrogen and oxygen atoms in total. The lowest BCUT2D eigenvalue weighted by Gasteiger charge is -2.43. The van der Waals surface area contributed by atoms with Gasteiger partial charge in [-0.25, -0.2) is 15.0 Å². The molecule has 0 bridgehead atoms. The van der Waals surface area contributed by atoms with E-state index in [1.54, 1.807) is 30.3 Å². The Hall–Kier alpha value is -4.75. The molecule has 0 radical (unpaired) electrons. The highest BCUT2D eigenvalue weighted by molar-refractivity contribution is 7.17. The fourth-order valence-electron chi connectivity index (χ4n) is 5.56. The largest absolute Gasteiger partial charge is 0.493 e. The van der Waals surface area contributed by atoms with Crippen molar-refractivity contribution in [3.63, 3.8) is 0 Å². The van der Waals surface area contributed by atoms with Gasteiger partial charge in [-0.3, -0.25) is 14.0 Å². The van der Waals surface area contributed by atoms with Crippen LogP contribution in [0.3, 0.4) is 0 Å². The number of aryl methyl sites for hydroxylation is 1. The monoisotopic (exact) mass is 676 g/mol. The second-order valence-electron chi connectivity index (χ2n) is 11.3. The number of alkyl halides is 1. The zero-order valence-electron chi connectivity index (χ0n) is 26.0. The van der Waals surface area contributed by atoms with Gasteiger partial charge in [-0.2, -0.15) is 0 Å². The van der Waals surface area contributed by atoms with Crippen LogP contribution in [-0.4, -0.2) is 84.7 Å². The number of methoxy groups -OCH3 is 1. The fraction of sp³-hybridized carbons (Fsp3) is 0.303. The van der Waals surface area contributed by atoms with Crippen LogP contribution in [-0.2, 0) is 4.79 Å². The van der Waals surface area contributed by atoms with Crippen LogP contribution >= 0.6 is 22.9 Å². The van der Waals surface area contributed by atoms with E-state index in [9.17, 15) is 14.0 Å². The Morgan fingerprint density at radius 1 is 1.13 bits per heavy atom. The van der Waals surface area contributed by atoms with Crippen molar-refractivity contribution in [1.29, 1.82) is 0 Å². The first-order valence-electron chi connectivity index (χ1n) is 15.1. The van der Waals surface area contributed by atoms with Gasteiger partial charge in [-0.1, -0.05) is 41.6 Å². The van der Waals surface area contributed by atoms with Crippen LogP contribution < -0.4 is 25.2 Å². The van der Waals surface area contributed by atoms with Crippen LogP contribution in [0.15, 0.2) is 61.4 Å². The SMILES string of the molecule is C=CC(=O)N1CCN(c2ncc(-c3ccc(OC)c(Nc4ncc(C(=O)Nc5c(C)cccc5Cl)s4)n3)cc2N2CC(CF)C2)CC1. The van der Waals surface area contributed by atoms with E-state index in [1.165, 1.54) is 23.6 Å². The van der Waals surface area contributed by atoms with Crippen molar-refractivity contribution in [3.8, 4) is 17.0 Å². The Labute approximate surface area is 281 Å².